The second-order valence-corrected chi connectivity index (χ2v) is 4.77. The number of aryl methyl sites for hydroxylation is 2. The fourth-order valence-electron chi connectivity index (χ4n) is 1.82. The third-order valence-electron chi connectivity index (χ3n) is 2.89. The summed E-state index contributed by atoms with van der Waals surface area (Å²) in [5.41, 5.74) is 3.32. The third-order valence-corrected chi connectivity index (χ3v) is 3.29. The van der Waals surface area contributed by atoms with Crippen molar-refractivity contribution in [3.8, 4) is 0 Å². The second kappa shape index (κ2) is 5.91. The summed E-state index contributed by atoms with van der Waals surface area (Å²) < 4.78 is 2.03. The van der Waals surface area contributed by atoms with Crippen LogP contribution in [0.15, 0.2) is 30.5 Å². The largest absolute Gasteiger partial charge is 0.379 e. The van der Waals surface area contributed by atoms with Gasteiger partial charge in [0, 0.05) is 23.5 Å². The first kappa shape index (κ1) is 13.0. The minimum atomic E-state index is 0.763. The molecule has 1 heterocycles. The van der Waals surface area contributed by atoms with Crippen molar-refractivity contribution in [1.29, 1.82) is 0 Å². The summed E-state index contributed by atoms with van der Waals surface area (Å²) in [4.78, 5) is 0. The summed E-state index contributed by atoms with van der Waals surface area (Å²) >= 11 is 6.10. The van der Waals surface area contributed by atoms with Gasteiger partial charge >= 0.3 is 0 Å². The lowest BCUT2D eigenvalue weighted by atomic mass is 10.2. The molecule has 2 rings (SSSR count). The van der Waals surface area contributed by atoms with Crippen molar-refractivity contribution < 1.29 is 0 Å². The van der Waals surface area contributed by atoms with E-state index in [0.29, 0.717) is 0 Å². The molecule has 4 heteroatoms. The molecule has 0 fully saturated rings. The number of nitrogens with one attached hydrogen (secondary N) is 1. The molecular weight excluding hydrogens is 246 g/mol. The van der Waals surface area contributed by atoms with Crippen LogP contribution in [0.5, 0.6) is 0 Å². The van der Waals surface area contributed by atoms with Gasteiger partial charge in [-0.3, -0.25) is 4.68 Å². The maximum Gasteiger partial charge on any atom is 0.0575 e. The molecule has 1 aromatic carbocycles. The van der Waals surface area contributed by atoms with Gasteiger partial charge < -0.3 is 5.32 Å². The van der Waals surface area contributed by atoms with Crippen LogP contribution in [-0.2, 0) is 13.1 Å². The summed E-state index contributed by atoms with van der Waals surface area (Å²) in [6.07, 6.45) is 2.93. The van der Waals surface area contributed by atoms with Crippen LogP contribution in [-0.4, -0.2) is 9.78 Å². The Morgan fingerprint density at radius 2 is 2.17 bits per heavy atom. The van der Waals surface area contributed by atoms with E-state index in [2.05, 4.69) is 17.3 Å². The standard InChI is InChI=1S/C14H18ClN3/c1-3-8-18-13(6-7-17-18)10-16-12-5-4-11(2)14(15)9-12/h4-7,9,16H,3,8,10H2,1-2H3. The average molecular weight is 264 g/mol. The molecular formula is C14H18ClN3. The van der Waals surface area contributed by atoms with Gasteiger partial charge in [0.05, 0.1) is 12.2 Å². The van der Waals surface area contributed by atoms with Gasteiger partial charge in [0.2, 0.25) is 0 Å². The molecule has 0 unspecified atom stereocenters. The number of nitrogens with zero attached hydrogens (tertiary/aromatic N) is 2. The Morgan fingerprint density at radius 3 is 2.89 bits per heavy atom. The zero-order valence-electron chi connectivity index (χ0n) is 10.8. The van der Waals surface area contributed by atoms with Crippen LogP contribution >= 0.6 is 11.6 Å². The number of hydrogen-bond donors (Lipinski definition) is 1. The molecule has 1 aromatic heterocycles. The highest BCUT2D eigenvalue weighted by atomic mass is 35.5. The van der Waals surface area contributed by atoms with E-state index >= 15 is 0 Å². The highest BCUT2D eigenvalue weighted by Gasteiger charge is 2.02. The van der Waals surface area contributed by atoms with Crippen LogP contribution in [0.3, 0.4) is 0 Å². The van der Waals surface area contributed by atoms with E-state index in [1.165, 1.54) is 5.69 Å². The molecule has 0 radical (unpaired) electrons. The first-order valence-corrected chi connectivity index (χ1v) is 6.59. The molecule has 0 aliphatic rings. The lowest BCUT2D eigenvalue weighted by Crippen LogP contribution is -2.08. The molecule has 0 bridgehead atoms. The van der Waals surface area contributed by atoms with Crippen LogP contribution in [0, 0.1) is 6.92 Å². The molecule has 0 saturated carbocycles. The van der Waals surface area contributed by atoms with Gasteiger partial charge in [0.25, 0.3) is 0 Å². The normalized spacial score (nSPS) is 10.6. The van der Waals surface area contributed by atoms with Crippen LogP contribution in [0.2, 0.25) is 5.02 Å². The summed E-state index contributed by atoms with van der Waals surface area (Å²) in [5, 5.41) is 8.46. The lowest BCUT2D eigenvalue weighted by Gasteiger charge is -2.09. The van der Waals surface area contributed by atoms with Crippen LogP contribution < -0.4 is 5.32 Å². The van der Waals surface area contributed by atoms with Gasteiger partial charge in [-0.25, -0.2) is 0 Å². The number of rotatable bonds is 5. The monoisotopic (exact) mass is 263 g/mol. The fourth-order valence-corrected chi connectivity index (χ4v) is 2.00. The van der Waals surface area contributed by atoms with E-state index in [-0.39, 0.29) is 0 Å². The maximum atomic E-state index is 6.10. The quantitative estimate of drug-likeness (QED) is 0.888. The fraction of sp³-hybridized carbons (Fsp3) is 0.357. The molecule has 0 spiro atoms. The Labute approximate surface area is 113 Å². The van der Waals surface area contributed by atoms with E-state index in [9.17, 15) is 0 Å². The van der Waals surface area contributed by atoms with Crippen molar-refractivity contribution >= 4 is 17.3 Å². The number of hydrogen-bond acceptors (Lipinski definition) is 2. The highest BCUT2D eigenvalue weighted by Crippen LogP contribution is 2.20. The van der Waals surface area contributed by atoms with Crippen LogP contribution in [0.1, 0.15) is 24.6 Å². The summed E-state index contributed by atoms with van der Waals surface area (Å²) in [6, 6.07) is 8.06. The second-order valence-electron chi connectivity index (χ2n) is 4.36. The Hall–Kier alpha value is -1.48. The SMILES string of the molecule is CCCn1nccc1CNc1ccc(C)c(Cl)c1. The van der Waals surface area contributed by atoms with Gasteiger partial charge in [-0.2, -0.15) is 5.10 Å². The minimum Gasteiger partial charge on any atom is -0.379 e. The minimum absolute atomic E-state index is 0.763. The Morgan fingerprint density at radius 1 is 1.33 bits per heavy atom. The summed E-state index contributed by atoms with van der Waals surface area (Å²) in [6.45, 7) is 5.87. The van der Waals surface area contributed by atoms with E-state index in [4.69, 9.17) is 11.6 Å². The predicted molar refractivity (Wildman–Crippen MR) is 76.0 cm³/mol. The number of halogens is 1. The van der Waals surface area contributed by atoms with Crippen molar-refractivity contribution in [2.24, 2.45) is 0 Å². The third kappa shape index (κ3) is 3.05. The molecule has 18 heavy (non-hydrogen) atoms. The van der Waals surface area contributed by atoms with Gasteiger partial charge in [-0.15, -0.1) is 0 Å². The highest BCUT2D eigenvalue weighted by molar-refractivity contribution is 6.31. The van der Waals surface area contributed by atoms with Crippen molar-refractivity contribution in [3.05, 3.63) is 46.7 Å². The Kier molecular flexibility index (Phi) is 4.26. The van der Waals surface area contributed by atoms with E-state index in [1.807, 2.05) is 42.1 Å². The molecule has 96 valence electrons. The van der Waals surface area contributed by atoms with E-state index in [0.717, 1.165) is 35.8 Å². The van der Waals surface area contributed by atoms with Crippen molar-refractivity contribution in [1.82, 2.24) is 9.78 Å². The molecule has 0 aliphatic carbocycles. The van der Waals surface area contributed by atoms with Crippen molar-refractivity contribution in [2.75, 3.05) is 5.32 Å². The molecule has 0 saturated heterocycles. The van der Waals surface area contributed by atoms with Gasteiger partial charge in [-0.05, 0) is 37.1 Å². The predicted octanol–water partition coefficient (Wildman–Crippen LogP) is 3.87. The van der Waals surface area contributed by atoms with Crippen molar-refractivity contribution in [2.45, 2.75) is 33.4 Å². The summed E-state index contributed by atoms with van der Waals surface area (Å²) in [5.74, 6) is 0. The first-order valence-electron chi connectivity index (χ1n) is 6.21. The van der Waals surface area contributed by atoms with Gasteiger partial charge in [0.15, 0.2) is 0 Å². The van der Waals surface area contributed by atoms with Crippen LogP contribution in [0.25, 0.3) is 0 Å². The molecule has 3 nitrogen and oxygen atoms in total. The number of aromatic nitrogens is 2. The average Bonchev–Trinajstić information content (AvgIpc) is 2.79. The molecule has 0 aliphatic heterocycles. The topological polar surface area (TPSA) is 29.9 Å². The summed E-state index contributed by atoms with van der Waals surface area (Å²) in [7, 11) is 0. The Bertz CT molecular complexity index is 520. The molecule has 2 aromatic rings. The molecule has 0 atom stereocenters. The zero-order chi connectivity index (χ0) is 13.0. The number of anilines is 1. The maximum absolute atomic E-state index is 6.10. The number of benzene rings is 1. The Balaban J connectivity index is 2.02. The van der Waals surface area contributed by atoms with Crippen LogP contribution in [0.4, 0.5) is 5.69 Å². The lowest BCUT2D eigenvalue weighted by molar-refractivity contribution is 0.578. The van der Waals surface area contributed by atoms with Gasteiger partial charge in [0.1, 0.15) is 0 Å². The zero-order valence-corrected chi connectivity index (χ0v) is 11.5. The molecule has 1 N–H and O–H groups in total. The molecule has 0 amide bonds. The first-order chi connectivity index (χ1) is 8.70. The van der Waals surface area contributed by atoms with Gasteiger partial charge in [-0.1, -0.05) is 24.6 Å². The van der Waals surface area contributed by atoms with Crippen molar-refractivity contribution in [3.63, 3.8) is 0 Å². The smallest absolute Gasteiger partial charge is 0.0575 e. The van der Waals surface area contributed by atoms with E-state index in [1.54, 1.807) is 0 Å². The van der Waals surface area contributed by atoms with E-state index < -0.39 is 0 Å².